The summed E-state index contributed by atoms with van der Waals surface area (Å²) in [6.45, 7) is 25.4. The Labute approximate surface area is 268 Å². The summed E-state index contributed by atoms with van der Waals surface area (Å²) in [5, 5.41) is 11.2. The molecular formula is C45H44. The molecule has 0 amide bonds. The molecule has 0 bridgehead atoms. The molecule has 0 atom stereocenters. The number of hydrogen-bond donors (Lipinski definition) is 0. The third-order valence-electron chi connectivity index (χ3n) is 11.4. The van der Waals surface area contributed by atoms with Crippen LogP contribution in [0.1, 0.15) is 108 Å². The molecule has 6 aromatic carbocycles. The van der Waals surface area contributed by atoms with Crippen molar-refractivity contribution in [3.8, 4) is 11.1 Å². The Morgan fingerprint density at radius 1 is 0.600 bits per heavy atom. The quantitative estimate of drug-likeness (QED) is 0.143. The van der Waals surface area contributed by atoms with Crippen LogP contribution in [0.4, 0.5) is 0 Å². The highest BCUT2D eigenvalue weighted by Gasteiger charge is 2.40. The first-order valence-corrected chi connectivity index (χ1v) is 16.8. The topological polar surface area (TPSA) is 0 Å². The van der Waals surface area contributed by atoms with Crippen molar-refractivity contribution in [2.24, 2.45) is 0 Å². The molecule has 0 heteroatoms. The van der Waals surface area contributed by atoms with Gasteiger partial charge in [-0.05, 0) is 130 Å². The van der Waals surface area contributed by atoms with E-state index in [0.717, 1.165) is 0 Å². The van der Waals surface area contributed by atoms with Gasteiger partial charge in [-0.2, -0.15) is 0 Å². The molecule has 0 aliphatic heterocycles. The van der Waals surface area contributed by atoms with Crippen molar-refractivity contribution in [1.82, 2.24) is 0 Å². The second-order valence-electron chi connectivity index (χ2n) is 15.3. The highest BCUT2D eigenvalue weighted by Crippen LogP contribution is 2.57. The van der Waals surface area contributed by atoms with Crippen LogP contribution in [0.2, 0.25) is 0 Å². The molecule has 8 rings (SSSR count). The van der Waals surface area contributed by atoms with Crippen molar-refractivity contribution >= 4 is 48.7 Å². The molecule has 0 unspecified atom stereocenters. The summed E-state index contributed by atoms with van der Waals surface area (Å²) in [5.41, 5.74) is 13.8. The van der Waals surface area contributed by atoms with E-state index in [2.05, 4.69) is 148 Å². The lowest BCUT2D eigenvalue weighted by molar-refractivity contribution is 0.656. The second kappa shape index (κ2) is 9.20. The van der Waals surface area contributed by atoms with E-state index in [1.54, 1.807) is 0 Å². The van der Waals surface area contributed by atoms with Crippen LogP contribution in [-0.4, -0.2) is 0 Å². The summed E-state index contributed by atoms with van der Waals surface area (Å²) in [5.74, 6) is 0.846. The van der Waals surface area contributed by atoms with E-state index < -0.39 is 0 Å². The van der Waals surface area contributed by atoms with Gasteiger partial charge in [0.25, 0.3) is 0 Å². The Morgan fingerprint density at radius 2 is 1.09 bits per heavy atom. The van der Waals surface area contributed by atoms with Gasteiger partial charge >= 0.3 is 0 Å². The van der Waals surface area contributed by atoms with Gasteiger partial charge < -0.3 is 0 Å². The third kappa shape index (κ3) is 3.49. The maximum absolute atomic E-state index is 4.32. The minimum atomic E-state index is -0.138. The molecule has 0 heterocycles. The van der Waals surface area contributed by atoms with Crippen LogP contribution in [0, 0.1) is 0 Å². The first kappa shape index (κ1) is 28.3. The van der Waals surface area contributed by atoms with Crippen LogP contribution in [0.5, 0.6) is 0 Å². The molecule has 2 aliphatic carbocycles. The molecule has 6 aromatic rings. The van der Waals surface area contributed by atoms with Crippen LogP contribution in [0.25, 0.3) is 59.8 Å². The van der Waals surface area contributed by atoms with Crippen LogP contribution in [-0.2, 0) is 10.8 Å². The molecule has 0 radical (unpaired) electrons. The van der Waals surface area contributed by atoms with E-state index in [1.807, 2.05) is 0 Å². The molecule has 224 valence electrons. The van der Waals surface area contributed by atoms with E-state index in [4.69, 9.17) is 0 Å². The van der Waals surface area contributed by atoms with E-state index in [0.29, 0.717) is 11.8 Å². The van der Waals surface area contributed by atoms with Gasteiger partial charge in [0, 0.05) is 10.8 Å². The summed E-state index contributed by atoms with van der Waals surface area (Å²) >= 11 is 0. The number of fused-ring (bicyclic) bond motifs is 8. The Kier molecular flexibility index (Phi) is 5.79. The zero-order valence-corrected chi connectivity index (χ0v) is 28.4. The lowest BCUT2D eigenvalue weighted by Crippen LogP contribution is -2.16. The molecule has 45 heavy (non-hydrogen) atoms. The summed E-state index contributed by atoms with van der Waals surface area (Å²) in [6, 6.07) is 24.3. The number of allylic oxidation sites excluding steroid dienone is 5. The van der Waals surface area contributed by atoms with Gasteiger partial charge in [0.1, 0.15) is 0 Å². The Bertz CT molecular complexity index is 2330. The lowest BCUT2D eigenvalue weighted by Gasteiger charge is -2.27. The number of hydrogen-bond acceptors (Lipinski definition) is 0. The fourth-order valence-corrected chi connectivity index (χ4v) is 8.97. The number of benzene rings is 6. The fourth-order valence-electron chi connectivity index (χ4n) is 8.97. The molecule has 0 nitrogen and oxygen atoms in total. The van der Waals surface area contributed by atoms with Crippen LogP contribution in [0.3, 0.4) is 0 Å². The smallest absolute Gasteiger partial charge is 0.0159 e. The largest absolute Gasteiger partial charge is 0.0987 e. The minimum Gasteiger partial charge on any atom is -0.0987 e. The summed E-state index contributed by atoms with van der Waals surface area (Å²) in [7, 11) is 0. The molecule has 0 saturated carbocycles. The van der Waals surface area contributed by atoms with E-state index in [-0.39, 0.29) is 10.8 Å². The third-order valence-corrected chi connectivity index (χ3v) is 11.4. The van der Waals surface area contributed by atoms with Gasteiger partial charge in [0.05, 0.1) is 0 Å². The molecule has 0 saturated heterocycles. The normalized spacial score (nSPS) is 16.8. The van der Waals surface area contributed by atoms with Crippen LogP contribution in [0.15, 0.2) is 91.0 Å². The van der Waals surface area contributed by atoms with Gasteiger partial charge in [0.2, 0.25) is 0 Å². The highest BCUT2D eigenvalue weighted by atomic mass is 14.4. The predicted octanol–water partition coefficient (Wildman–Crippen LogP) is 13.1. The van der Waals surface area contributed by atoms with Crippen molar-refractivity contribution in [2.75, 3.05) is 0 Å². The Balaban J connectivity index is 1.69. The first-order chi connectivity index (χ1) is 21.4. The summed E-state index contributed by atoms with van der Waals surface area (Å²) < 4.78 is 0. The van der Waals surface area contributed by atoms with Gasteiger partial charge in [-0.1, -0.05) is 129 Å². The molecule has 2 aliphatic rings. The average Bonchev–Trinajstić information content (AvgIpc) is 3.37. The molecule has 0 fully saturated rings. The van der Waals surface area contributed by atoms with Crippen molar-refractivity contribution in [2.45, 2.75) is 85.0 Å². The summed E-state index contributed by atoms with van der Waals surface area (Å²) in [4.78, 5) is 0. The van der Waals surface area contributed by atoms with Crippen molar-refractivity contribution in [3.63, 3.8) is 0 Å². The molecular weight excluding hydrogens is 540 g/mol. The first-order valence-electron chi connectivity index (χ1n) is 16.8. The molecule has 0 N–H and O–H groups in total. The maximum Gasteiger partial charge on any atom is 0.0159 e. The van der Waals surface area contributed by atoms with E-state index in [1.165, 1.54) is 98.7 Å². The SMILES string of the molecule is C=CC1=C(/C=C\C)c2c(cc3c4cc(C(C)C)cc5c6c(cc(c7cc(C(C)C)cc2c37)c54)C(C)(C)c2ccccc2-6)C1(C)C. The van der Waals surface area contributed by atoms with Crippen molar-refractivity contribution in [3.05, 3.63) is 124 Å². The number of rotatable bonds is 4. The predicted molar refractivity (Wildman–Crippen MR) is 198 cm³/mol. The van der Waals surface area contributed by atoms with Gasteiger partial charge in [0.15, 0.2) is 0 Å². The maximum atomic E-state index is 4.32. The highest BCUT2D eigenvalue weighted by molar-refractivity contribution is 6.36. The van der Waals surface area contributed by atoms with Gasteiger partial charge in [-0.25, -0.2) is 0 Å². The van der Waals surface area contributed by atoms with E-state index in [9.17, 15) is 0 Å². The van der Waals surface area contributed by atoms with Crippen molar-refractivity contribution in [1.29, 1.82) is 0 Å². The minimum absolute atomic E-state index is 0.0671. The monoisotopic (exact) mass is 584 g/mol. The lowest BCUT2D eigenvalue weighted by atomic mass is 9.76. The zero-order chi connectivity index (χ0) is 31.7. The van der Waals surface area contributed by atoms with Crippen LogP contribution >= 0.6 is 0 Å². The van der Waals surface area contributed by atoms with Crippen LogP contribution < -0.4 is 0 Å². The molecule has 0 aromatic heterocycles. The summed E-state index contributed by atoms with van der Waals surface area (Å²) in [6.07, 6.45) is 6.61. The van der Waals surface area contributed by atoms with Gasteiger partial charge in [-0.15, -0.1) is 0 Å². The Morgan fingerprint density at radius 3 is 1.62 bits per heavy atom. The zero-order valence-electron chi connectivity index (χ0n) is 28.4. The molecule has 0 spiro atoms. The van der Waals surface area contributed by atoms with E-state index >= 15 is 0 Å². The fraction of sp³-hybridized carbons (Fsp3) is 0.289. The average molecular weight is 585 g/mol. The second-order valence-corrected chi connectivity index (χ2v) is 15.3. The Hall–Kier alpha value is -4.16. The van der Waals surface area contributed by atoms with Crippen molar-refractivity contribution < 1.29 is 0 Å². The van der Waals surface area contributed by atoms with Gasteiger partial charge in [-0.3, -0.25) is 0 Å². The standard InChI is InChI=1S/C45H44/c1-11-15-28-36(12-2)44(7,8)38-22-32-30-19-27(25(5)6)21-35-41(30)33(31-18-26(24(3)4)20-34(40(31)32)42(28)38)23-39-43(35)29-16-13-14-17-37(29)45(39,9)10/h11-25H,2H2,1,3-10H3/b15-11-.